The van der Waals surface area contributed by atoms with E-state index in [4.69, 9.17) is 15.8 Å². The standard InChI is InChI=1S/C13H20N4O2S/c1-2-3-4-5-6-7-13(12-16)20(18,19)17(10-8-14)11-9-15/h13H,2-7,10-11H2,1H3. The summed E-state index contributed by atoms with van der Waals surface area (Å²) in [6.45, 7) is 1.29. The molecule has 0 aliphatic rings. The lowest BCUT2D eigenvalue weighted by Crippen LogP contribution is -2.38. The molecule has 0 bridgehead atoms. The average molecular weight is 296 g/mol. The van der Waals surface area contributed by atoms with Crippen LogP contribution in [0.1, 0.15) is 45.4 Å². The van der Waals surface area contributed by atoms with Crippen LogP contribution in [0, 0.1) is 34.0 Å². The second kappa shape index (κ2) is 10.2. The molecule has 0 radical (unpaired) electrons. The highest BCUT2D eigenvalue weighted by Gasteiger charge is 2.31. The second-order valence-electron chi connectivity index (χ2n) is 4.45. The first-order chi connectivity index (χ1) is 9.54. The summed E-state index contributed by atoms with van der Waals surface area (Å²) in [5.74, 6) is 0. The normalized spacial score (nSPS) is 12.3. The Labute approximate surface area is 121 Å². The fourth-order valence-electron chi connectivity index (χ4n) is 1.79. The van der Waals surface area contributed by atoms with Crippen molar-refractivity contribution < 1.29 is 8.42 Å². The van der Waals surface area contributed by atoms with Gasteiger partial charge in [-0.25, -0.2) is 8.42 Å². The summed E-state index contributed by atoms with van der Waals surface area (Å²) in [7, 11) is -3.90. The van der Waals surface area contributed by atoms with Crippen LogP contribution >= 0.6 is 0 Å². The zero-order valence-corrected chi connectivity index (χ0v) is 12.6. The van der Waals surface area contributed by atoms with Gasteiger partial charge in [-0.15, -0.1) is 0 Å². The molecule has 0 aliphatic carbocycles. The zero-order valence-electron chi connectivity index (χ0n) is 11.7. The van der Waals surface area contributed by atoms with Gasteiger partial charge in [-0.3, -0.25) is 0 Å². The lowest BCUT2D eigenvalue weighted by atomic mass is 10.1. The van der Waals surface area contributed by atoms with Crippen LogP contribution in [-0.4, -0.2) is 31.1 Å². The van der Waals surface area contributed by atoms with Crippen molar-refractivity contribution in [3.8, 4) is 18.2 Å². The Morgan fingerprint density at radius 2 is 1.55 bits per heavy atom. The number of hydrogen-bond donors (Lipinski definition) is 0. The van der Waals surface area contributed by atoms with Gasteiger partial charge in [0.25, 0.3) is 0 Å². The van der Waals surface area contributed by atoms with Gasteiger partial charge in [0.1, 0.15) is 13.1 Å². The van der Waals surface area contributed by atoms with E-state index in [0.717, 1.165) is 30.0 Å². The van der Waals surface area contributed by atoms with E-state index in [9.17, 15) is 8.42 Å². The van der Waals surface area contributed by atoms with Crippen LogP contribution in [0.5, 0.6) is 0 Å². The van der Waals surface area contributed by atoms with Crippen molar-refractivity contribution in [3.05, 3.63) is 0 Å². The Bertz CT molecular complexity index is 480. The molecule has 1 atom stereocenters. The molecule has 110 valence electrons. The van der Waals surface area contributed by atoms with E-state index in [2.05, 4.69) is 6.92 Å². The third kappa shape index (κ3) is 6.02. The van der Waals surface area contributed by atoms with Gasteiger partial charge in [0, 0.05) is 0 Å². The van der Waals surface area contributed by atoms with Crippen molar-refractivity contribution in [2.75, 3.05) is 13.1 Å². The first kappa shape index (κ1) is 18.4. The van der Waals surface area contributed by atoms with Gasteiger partial charge in [-0.2, -0.15) is 20.1 Å². The largest absolute Gasteiger partial charge is 0.232 e. The summed E-state index contributed by atoms with van der Waals surface area (Å²) in [4.78, 5) is 0. The summed E-state index contributed by atoms with van der Waals surface area (Å²) >= 11 is 0. The van der Waals surface area contributed by atoms with E-state index < -0.39 is 28.4 Å². The molecule has 0 amide bonds. The first-order valence-electron chi connectivity index (χ1n) is 6.67. The van der Waals surface area contributed by atoms with Crippen LogP contribution in [0.4, 0.5) is 0 Å². The Kier molecular flexibility index (Phi) is 9.38. The lowest BCUT2D eigenvalue weighted by Gasteiger charge is -2.19. The minimum Gasteiger partial charge on any atom is -0.211 e. The van der Waals surface area contributed by atoms with Crippen molar-refractivity contribution >= 4 is 10.0 Å². The molecule has 0 aromatic rings. The number of rotatable bonds is 10. The monoisotopic (exact) mass is 296 g/mol. The summed E-state index contributed by atoms with van der Waals surface area (Å²) in [5, 5.41) is 25.1. The number of sulfonamides is 1. The molecule has 0 fully saturated rings. The zero-order chi connectivity index (χ0) is 15.4. The molecule has 0 aliphatic heterocycles. The predicted octanol–water partition coefficient (Wildman–Crippen LogP) is 1.92. The maximum atomic E-state index is 12.2. The highest BCUT2D eigenvalue weighted by molar-refractivity contribution is 7.90. The van der Waals surface area contributed by atoms with E-state index in [1.54, 1.807) is 18.2 Å². The number of nitriles is 3. The molecule has 7 heteroatoms. The van der Waals surface area contributed by atoms with E-state index in [1.165, 1.54) is 0 Å². The summed E-state index contributed by atoms with van der Waals surface area (Å²) in [6.07, 6.45) is 5.00. The van der Waals surface area contributed by atoms with Crippen LogP contribution in [-0.2, 0) is 10.0 Å². The Balaban J connectivity index is 4.65. The first-order valence-corrected chi connectivity index (χ1v) is 8.17. The summed E-state index contributed by atoms with van der Waals surface area (Å²) < 4.78 is 25.1. The van der Waals surface area contributed by atoms with Gasteiger partial charge in [0.05, 0.1) is 18.2 Å². The van der Waals surface area contributed by atoms with Gasteiger partial charge < -0.3 is 0 Å². The molecular formula is C13H20N4O2S. The van der Waals surface area contributed by atoms with Gasteiger partial charge in [0.15, 0.2) is 5.25 Å². The Morgan fingerprint density at radius 1 is 1.00 bits per heavy atom. The fourth-order valence-corrected chi connectivity index (χ4v) is 3.22. The minimum absolute atomic E-state index is 0.246. The maximum Gasteiger partial charge on any atom is 0.232 e. The smallest absolute Gasteiger partial charge is 0.211 e. The molecular weight excluding hydrogens is 276 g/mol. The maximum absolute atomic E-state index is 12.2. The van der Waals surface area contributed by atoms with Crippen LogP contribution in [0.15, 0.2) is 0 Å². The number of nitrogens with zero attached hydrogens (tertiary/aromatic N) is 4. The molecule has 6 nitrogen and oxygen atoms in total. The molecule has 0 heterocycles. The molecule has 20 heavy (non-hydrogen) atoms. The van der Waals surface area contributed by atoms with Crippen LogP contribution in [0.2, 0.25) is 0 Å². The molecule has 0 saturated heterocycles. The van der Waals surface area contributed by atoms with Gasteiger partial charge in [-0.1, -0.05) is 39.0 Å². The van der Waals surface area contributed by atoms with Crippen LogP contribution in [0.3, 0.4) is 0 Å². The minimum atomic E-state index is -3.90. The van der Waals surface area contributed by atoms with Crippen molar-refractivity contribution in [2.45, 2.75) is 50.7 Å². The third-order valence-corrected chi connectivity index (χ3v) is 4.97. The molecule has 0 rings (SSSR count). The second-order valence-corrected chi connectivity index (χ2v) is 6.57. The van der Waals surface area contributed by atoms with Crippen molar-refractivity contribution in [2.24, 2.45) is 0 Å². The van der Waals surface area contributed by atoms with Gasteiger partial charge in [0.2, 0.25) is 10.0 Å². The quantitative estimate of drug-likeness (QED) is 0.452. The van der Waals surface area contributed by atoms with Crippen LogP contribution in [0.25, 0.3) is 0 Å². The van der Waals surface area contributed by atoms with Crippen molar-refractivity contribution in [3.63, 3.8) is 0 Å². The molecule has 0 spiro atoms. The van der Waals surface area contributed by atoms with Crippen molar-refractivity contribution in [1.82, 2.24) is 4.31 Å². The highest BCUT2D eigenvalue weighted by atomic mass is 32.2. The number of unbranched alkanes of at least 4 members (excludes halogenated alkanes) is 4. The Morgan fingerprint density at radius 3 is 2.00 bits per heavy atom. The fraction of sp³-hybridized carbons (Fsp3) is 0.769. The average Bonchev–Trinajstić information content (AvgIpc) is 2.42. The van der Waals surface area contributed by atoms with E-state index in [-0.39, 0.29) is 6.42 Å². The Hall–Kier alpha value is -1.62. The molecule has 1 unspecified atom stereocenters. The van der Waals surface area contributed by atoms with Crippen LogP contribution < -0.4 is 0 Å². The molecule has 0 saturated carbocycles. The predicted molar refractivity (Wildman–Crippen MR) is 74.5 cm³/mol. The lowest BCUT2D eigenvalue weighted by molar-refractivity contribution is 0.468. The SMILES string of the molecule is CCCCCCCC(C#N)S(=O)(=O)N(CC#N)CC#N. The third-order valence-electron chi connectivity index (χ3n) is 2.93. The molecule has 0 aromatic carbocycles. The molecule has 0 aromatic heterocycles. The highest BCUT2D eigenvalue weighted by Crippen LogP contribution is 2.16. The van der Waals surface area contributed by atoms with Crippen molar-refractivity contribution in [1.29, 1.82) is 15.8 Å². The topological polar surface area (TPSA) is 109 Å². The van der Waals surface area contributed by atoms with Gasteiger partial charge in [-0.05, 0) is 6.42 Å². The summed E-state index contributed by atoms with van der Waals surface area (Å²) in [6, 6.07) is 5.20. The number of hydrogen-bond acceptors (Lipinski definition) is 5. The summed E-state index contributed by atoms with van der Waals surface area (Å²) in [5.41, 5.74) is 0. The van der Waals surface area contributed by atoms with E-state index in [1.807, 2.05) is 0 Å². The van der Waals surface area contributed by atoms with Gasteiger partial charge >= 0.3 is 0 Å². The van der Waals surface area contributed by atoms with E-state index >= 15 is 0 Å². The van der Waals surface area contributed by atoms with E-state index in [0.29, 0.717) is 6.42 Å². The molecule has 0 N–H and O–H groups in total.